The Morgan fingerprint density at radius 1 is 1.52 bits per heavy atom. The maximum atomic E-state index is 13.0. The SMILES string of the molecule is COc1ccc2sc(N3C[C@]45C=C[C@H](O4)[C@@H](C(=O)O)[C@H]5C3=O)nc2c1. The number of rotatable bonds is 3. The zero-order valence-electron chi connectivity index (χ0n) is 13.2. The second-order valence-electron chi connectivity index (χ2n) is 6.49. The van der Waals surface area contributed by atoms with Crippen LogP contribution in [0.5, 0.6) is 5.75 Å². The molecule has 1 aromatic heterocycles. The molecule has 2 bridgehead atoms. The molecule has 3 aliphatic heterocycles. The number of methoxy groups -OCH3 is 1. The number of carbonyl (C=O) groups is 2. The fourth-order valence-electron chi connectivity index (χ4n) is 4.08. The minimum Gasteiger partial charge on any atom is -0.497 e. The average Bonchev–Trinajstić information content (AvgIpc) is 3.32. The number of carbonyl (C=O) groups excluding carboxylic acids is 1. The predicted octanol–water partition coefficient (Wildman–Crippen LogP) is 1.68. The highest BCUT2D eigenvalue weighted by atomic mass is 32.1. The van der Waals surface area contributed by atoms with Gasteiger partial charge in [-0.15, -0.1) is 0 Å². The number of aliphatic carboxylic acids is 1. The fourth-order valence-corrected chi connectivity index (χ4v) is 5.03. The van der Waals surface area contributed by atoms with E-state index in [0.717, 1.165) is 10.2 Å². The molecule has 25 heavy (non-hydrogen) atoms. The molecule has 1 N–H and O–H groups in total. The van der Waals surface area contributed by atoms with Crippen LogP contribution in [0.4, 0.5) is 5.13 Å². The van der Waals surface area contributed by atoms with Crippen LogP contribution in [0.1, 0.15) is 0 Å². The summed E-state index contributed by atoms with van der Waals surface area (Å²) in [5.41, 5.74) is -0.0994. The van der Waals surface area contributed by atoms with E-state index in [4.69, 9.17) is 9.47 Å². The van der Waals surface area contributed by atoms with Gasteiger partial charge in [0.1, 0.15) is 17.3 Å². The van der Waals surface area contributed by atoms with Gasteiger partial charge in [-0.1, -0.05) is 23.5 Å². The number of thiazole rings is 1. The topological polar surface area (TPSA) is 89.0 Å². The molecule has 2 saturated heterocycles. The summed E-state index contributed by atoms with van der Waals surface area (Å²) >= 11 is 1.40. The Morgan fingerprint density at radius 3 is 3.12 bits per heavy atom. The Morgan fingerprint density at radius 2 is 2.36 bits per heavy atom. The highest BCUT2D eigenvalue weighted by molar-refractivity contribution is 7.22. The normalized spacial score (nSPS) is 32.6. The van der Waals surface area contributed by atoms with E-state index in [1.807, 2.05) is 24.3 Å². The molecule has 1 aromatic carbocycles. The van der Waals surface area contributed by atoms with Gasteiger partial charge >= 0.3 is 5.97 Å². The summed E-state index contributed by atoms with van der Waals surface area (Å²) in [5, 5.41) is 10.1. The van der Waals surface area contributed by atoms with Crippen molar-refractivity contribution < 1.29 is 24.2 Å². The number of ether oxygens (including phenoxy) is 2. The first-order chi connectivity index (χ1) is 12.0. The summed E-state index contributed by atoms with van der Waals surface area (Å²) in [6.07, 6.45) is 3.08. The van der Waals surface area contributed by atoms with Crippen LogP contribution in [0.25, 0.3) is 10.2 Å². The lowest BCUT2D eigenvalue weighted by Gasteiger charge is -2.21. The number of nitrogens with zero attached hydrogens (tertiary/aromatic N) is 2. The van der Waals surface area contributed by atoms with Gasteiger partial charge < -0.3 is 14.6 Å². The lowest BCUT2D eigenvalue weighted by atomic mass is 9.77. The molecule has 1 amide bonds. The standard InChI is InChI=1S/C17H14N2O5S/c1-23-8-2-3-11-9(6-8)18-16(25-11)19-7-17-5-4-10(24-17)12(15(21)22)13(17)14(19)20/h2-6,10,12-13H,7H2,1H3,(H,21,22)/t10-,12+,13-,17-/m0/s1. The van der Waals surface area contributed by atoms with Crippen molar-refractivity contribution in [1.29, 1.82) is 0 Å². The van der Waals surface area contributed by atoms with Crippen molar-refractivity contribution in [2.45, 2.75) is 11.7 Å². The van der Waals surface area contributed by atoms with Crippen LogP contribution in [0.15, 0.2) is 30.4 Å². The maximum Gasteiger partial charge on any atom is 0.310 e. The van der Waals surface area contributed by atoms with E-state index in [1.54, 1.807) is 18.1 Å². The fraction of sp³-hybridized carbons (Fsp3) is 0.353. The maximum absolute atomic E-state index is 13.0. The molecule has 1 spiro atoms. The molecule has 0 saturated carbocycles. The van der Waals surface area contributed by atoms with Crippen molar-refractivity contribution >= 4 is 38.6 Å². The molecule has 4 heterocycles. The van der Waals surface area contributed by atoms with Crippen molar-refractivity contribution in [2.24, 2.45) is 11.8 Å². The van der Waals surface area contributed by atoms with Gasteiger partial charge in [0.2, 0.25) is 5.91 Å². The highest BCUT2D eigenvalue weighted by Gasteiger charge is 2.67. The van der Waals surface area contributed by atoms with E-state index in [9.17, 15) is 14.7 Å². The third kappa shape index (κ3) is 1.86. The molecule has 7 nitrogen and oxygen atoms in total. The van der Waals surface area contributed by atoms with Crippen LogP contribution >= 0.6 is 11.3 Å². The van der Waals surface area contributed by atoms with Crippen molar-refractivity contribution in [3.8, 4) is 5.75 Å². The van der Waals surface area contributed by atoms with Gasteiger partial charge in [-0.05, 0) is 12.1 Å². The average molecular weight is 358 g/mol. The third-order valence-corrected chi connectivity index (χ3v) is 6.26. The summed E-state index contributed by atoms with van der Waals surface area (Å²) in [4.78, 5) is 30.7. The number of benzene rings is 1. The first-order valence-corrected chi connectivity index (χ1v) is 8.70. The molecule has 0 radical (unpaired) electrons. The Hall–Kier alpha value is -2.45. The van der Waals surface area contributed by atoms with E-state index in [2.05, 4.69) is 4.98 Å². The molecule has 2 fully saturated rings. The number of hydrogen-bond donors (Lipinski definition) is 1. The first kappa shape index (κ1) is 14.9. The first-order valence-electron chi connectivity index (χ1n) is 7.88. The molecule has 2 aromatic rings. The minimum absolute atomic E-state index is 0.231. The van der Waals surface area contributed by atoms with Crippen LogP contribution in [0.3, 0.4) is 0 Å². The zero-order chi connectivity index (χ0) is 17.3. The van der Waals surface area contributed by atoms with Crippen molar-refractivity contribution in [1.82, 2.24) is 4.98 Å². The van der Waals surface area contributed by atoms with E-state index in [0.29, 0.717) is 17.4 Å². The van der Waals surface area contributed by atoms with E-state index >= 15 is 0 Å². The molecular formula is C17H14N2O5S. The quantitative estimate of drug-likeness (QED) is 0.840. The smallest absolute Gasteiger partial charge is 0.310 e. The van der Waals surface area contributed by atoms with Crippen LogP contribution in [-0.4, -0.2) is 47.3 Å². The van der Waals surface area contributed by atoms with Crippen LogP contribution in [0.2, 0.25) is 0 Å². The summed E-state index contributed by atoms with van der Waals surface area (Å²) in [6.45, 7) is 0.296. The van der Waals surface area contributed by atoms with E-state index in [1.165, 1.54) is 11.3 Å². The summed E-state index contributed by atoms with van der Waals surface area (Å²) in [6, 6.07) is 5.56. The number of amides is 1. The van der Waals surface area contributed by atoms with Crippen LogP contribution < -0.4 is 9.64 Å². The highest BCUT2D eigenvalue weighted by Crippen LogP contribution is 2.53. The molecule has 4 atom stereocenters. The third-order valence-electron chi connectivity index (χ3n) is 5.20. The molecule has 0 unspecified atom stereocenters. The number of aromatic nitrogens is 1. The molecular weight excluding hydrogens is 344 g/mol. The van der Waals surface area contributed by atoms with Gasteiger partial charge in [-0.2, -0.15) is 0 Å². The van der Waals surface area contributed by atoms with E-state index < -0.39 is 29.5 Å². The van der Waals surface area contributed by atoms with Gasteiger partial charge in [-0.3, -0.25) is 14.5 Å². The number of hydrogen-bond acceptors (Lipinski definition) is 6. The Balaban J connectivity index is 1.55. The van der Waals surface area contributed by atoms with Gasteiger partial charge in [-0.25, -0.2) is 4.98 Å². The predicted molar refractivity (Wildman–Crippen MR) is 89.9 cm³/mol. The zero-order valence-corrected chi connectivity index (χ0v) is 14.0. The lowest BCUT2D eigenvalue weighted by molar-refractivity contribution is -0.146. The molecule has 5 rings (SSSR count). The minimum atomic E-state index is -0.995. The number of carboxylic acid groups (broad SMARTS) is 1. The van der Waals surface area contributed by atoms with E-state index in [-0.39, 0.29) is 5.91 Å². The second-order valence-corrected chi connectivity index (χ2v) is 7.50. The molecule has 128 valence electrons. The Bertz CT molecular complexity index is 954. The van der Waals surface area contributed by atoms with Gasteiger partial charge in [0.15, 0.2) is 5.13 Å². The monoisotopic (exact) mass is 358 g/mol. The largest absolute Gasteiger partial charge is 0.497 e. The van der Waals surface area contributed by atoms with Gasteiger partial charge in [0.05, 0.1) is 35.9 Å². The Kier molecular flexibility index (Phi) is 2.85. The van der Waals surface area contributed by atoms with Crippen LogP contribution in [0, 0.1) is 11.8 Å². The summed E-state index contributed by atoms with van der Waals surface area (Å²) in [7, 11) is 1.59. The number of fused-ring (bicyclic) bond motifs is 2. The number of anilines is 1. The summed E-state index contributed by atoms with van der Waals surface area (Å²) in [5.74, 6) is -2.06. The van der Waals surface area contributed by atoms with Crippen molar-refractivity contribution in [3.63, 3.8) is 0 Å². The summed E-state index contributed by atoms with van der Waals surface area (Å²) < 4.78 is 12.0. The molecule has 0 aliphatic carbocycles. The van der Waals surface area contributed by atoms with Crippen LogP contribution in [-0.2, 0) is 14.3 Å². The van der Waals surface area contributed by atoms with Gasteiger partial charge in [0, 0.05) is 6.07 Å². The lowest BCUT2D eigenvalue weighted by Crippen LogP contribution is -2.39. The molecule has 8 heteroatoms. The van der Waals surface area contributed by atoms with Crippen molar-refractivity contribution in [2.75, 3.05) is 18.6 Å². The number of carboxylic acids is 1. The second kappa shape index (κ2) is 4.80. The van der Waals surface area contributed by atoms with Crippen molar-refractivity contribution in [3.05, 3.63) is 30.4 Å². The molecule has 3 aliphatic rings. The van der Waals surface area contributed by atoms with Gasteiger partial charge in [0.25, 0.3) is 0 Å². The Labute approximate surface area is 146 Å².